The predicted octanol–water partition coefficient (Wildman–Crippen LogP) is 3.89. The topological polar surface area (TPSA) is 21.3 Å². The highest BCUT2D eigenvalue weighted by Gasteiger charge is 2.03. The molecule has 100 valence electrons. The largest absolute Gasteiger partial charge is 0.488 e. The molecule has 0 aliphatic rings. The Hall–Kier alpha value is -1.39. The van der Waals surface area contributed by atoms with Crippen molar-refractivity contribution in [3.8, 4) is 5.75 Å². The fourth-order valence-electron chi connectivity index (χ4n) is 1.71. The average molecular weight is 324 g/mol. The third kappa shape index (κ3) is 4.04. The van der Waals surface area contributed by atoms with Gasteiger partial charge in [0, 0.05) is 6.54 Å². The van der Waals surface area contributed by atoms with E-state index >= 15 is 0 Å². The highest BCUT2D eigenvalue weighted by molar-refractivity contribution is 9.10. The molecule has 0 atom stereocenters. The molecule has 19 heavy (non-hydrogen) atoms. The van der Waals surface area contributed by atoms with Gasteiger partial charge in [-0.05, 0) is 52.3 Å². The molecule has 0 heterocycles. The van der Waals surface area contributed by atoms with Crippen LogP contribution in [0.3, 0.4) is 0 Å². The molecule has 1 N–H and O–H groups in total. The summed E-state index contributed by atoms with van der Waals surface area (Å²) in [4.78, 5) is 0. The van der Waals surface area contributed by atoms with Gasteiger partial charge >= 0.3 is 0 Å². The molecule has 2 rings (SSSR count). The van der Waals surface area contributed by atoms with Crippen molar-refractivity contribution in [2.45, 2.75) is 13.2 Å². The highest BCUT2D eigenvalue weighted by atomic mass is 79.9. The Bertz CT molecular complexity index is 542. The van der Waals surface area contributed by atoms with Gasteiger partial charge in [-0.25, -0.2) is 4.39 Å². The second-order valence-electron chi connectivity index (χ2n) is 4.21. The second-order valence-corrected chi connectivity index (χ2v) is 5.06. The van der Waals surface area contributed by atoms with E-state index in [1.54, 1.807) is 6.07 Å². The maximum atomic E-state index is 12.9. The van der Waals surface area contributed by atoms with Crippen LogP contribution in [0, 0.1) is 5.82 Å². The lowest BCUT2D eigenvalue weighted by atomic mass is 10.1. The van der Waals surface area contributed by atoms with Crippen molar-refractivity contribution in [3.05, 3.63) is 63.9 Å². The Morgan fingerprint density at radius 3 is 2.42 bits per heavy atom. The smallest absolute Gasteiger partial charge is 0.134 e. The Balaban J connectivity index is 1.98. The molecule has 0 aromatic heterocycles. The Labute approximate surface area is 120 Å². The second kappa shape index (κ2) is 6.68. The number of hydrogen-bond donors (Lipinski definition) is 1. The first kappa shape index (κ1) is 14.0. The van der Waals surface area contributed by atoms with Gasteiger partial charge < -0.3 is 10.1 Å². The van der Waals surface area contributed by atoms with Gasteiger partial charge in [0.15, 0.2) is 0 Å². The van der Waals surface area contributed by atoms with Gasteiger partial charge in [0.1, 0.15) is 18.2 Å². The number of hydrogen-bond acceptors (Lipinski definition) is 2. The lowest BCUT2D eigenvalue weighted by Gasteiger charge is -2.09. The summed E-state index contributed by atoms with van der Waals surface area (Å²) in [5, 5.41) is 3.10. The van der Waals surface area contributed by atoms with Gasteiger partial charge in [-0.15, -0.1) is 0 Å². The third-order valence-electron chi connectivity index (χ3n) is 2.69. The first-order valence-electron chi connectivity index (χ1n) is 5.99. The lowest BCUT2D eigenvalue weighted by Crippen LogP contribution is -2.05. The van der Waals surface area contributed by atoms with Crippen LogP contribution in [0.1, 0.15) is 11.1 Å². The number of benzene rings is 2. The summed E-state index contributed by atoms with van der Waals surface area (Å²) in [5.41, 5.74) is 2.31. The van der Waals surface area contributed by atoms with E-state index in [1.807, 2.05) is 19.2 Å². The van der Waals surface area contributed by atoms with E-state index in [4.69, 9.17) is 4.74 Å². The molecule has 0 spiro atoms. The van der Waals surface area contributed by atoms with E-state index in [1.165, 1.54) is 17.7 Å². The van der Waals surface area contributed by atoms with E-state index in [0.29, 0.717) is 16.8 Å². The molecule has 0 aliphatic heterocycles. The van der Waals surface area contributed by atoms with Gasteiger partial charge in [0.25, 0.3) is 0 Å². The van der Waals surface area contributed by atoms with Crippen LogP contribution in [-0.2, 0) is 13.2 Å². The molecule has 4 heteroatoms. The van der Waals surface area contributed by atoms with Gasteiger partial charge in [-0.1, -0.05) is 24.3 Å². The molecule has 2 nitrogen and oxygen atoms in total. The van der Waals surface area contributed by atoms with E-state index in [9.17, 15) is 4.39 Å². The van der Waals surface area contributed by atoms with Gasteiger partial charge in [0.05, 0.1) is 4.47 Å². The van der Waals surface area contributed by atoms with Crippen molar-refractivity contribution < 1.29 is 9.13 Å². The van der Waals surface area contributed by atoms with Crippen molar-refractivity contribution in [1.29, 1.82) is 0 Å². The first-order chi connectivity index (χ1) is 9.19. The minimum atomic E-state index is -0.282. The molecular formula is C15H15BrFNO. The molecule has 0 saturated heterocycles. The molecule has 0 bridgehead atoms. The number of nitrogens with one attached hydrogen (secondary N) is 1. The van der Waals surface area contributed by atoms with Crippen LogP contribution in [0.15, 0.2) is 46.9 Å². The maximum absolute atomic E-state index is 12.9. The van der Waals surface area contributed by atoms with E-state index in [2.05, 4.69) is 33.4 Å². The van der Waals surface area contributed by atoms with Crippen molar-refractivity contribution in [1.82, 2.24) is 5.32 Å². The maximum Gasteiger partial charge on any atom is 0.134 e. The Kier molecular flexibility index (Phi) is 4.93. The van der Waals surface area contributed by atoms with Crippen molar-refractivity contribution in [2.75, 3.05) is 7.05 Å². The van der Waals surface area contributed by atoms with Crippen LogP contribution < -0.4 is 10.1 Å². The predicted molar refractivity (Wildman–Crippen MR) is 77.6 cm³/mol. The van der Waals surface area contributed by atoms with Gasteiger partial charge in [0.2, 0.25) is 0 Å². The van der Waals surface area contributed by atoms with E-state index in [0.717, 1.165) is 12.1 Å². The third-order valence-corrected chi connectivity index (χ3v) is 3.31. The van der Waals surface area contributed by atoms with Crippen LogP contribution in [0.25, 0.3) is 0 Å². The fourth-order valence-corrected chi connectivity index (χ4v) is 2.18. The highest BCUT2D eigenvalue weighted by Crippen LogP contribution is 2.26. The summed E-state index contributed by atoms with van der Waals surface area (Å²) >= 11 is 3.28. The van der Waals surface area contributed by atoms with Crippen LogP contribution >= 0.6 is 15.9 Å². The fraction of sp³-hybridized carbons (Fsp3) is 0.200. The average Bonchev–Trinajstić information content (AvgIpc) is 2.40. The minimum absolute atomic E-state index is 0.282. The summed E-state index contributed by atoms with van der Waals surface area (Å²) in [6.45, 7) is 1.31. The molecule has 0 unspecified atom stereocenters. The monoisotopic (exact) mass is 323 g/mol. The summed E-state index contributed by atoms with van der Waals surface area (Å²) < 4.78 is 19.2. The molecule has 0 radical (unpaired) electrons. The normalized spacial score (nSPS) is 10.5. The van der Waals surface area contributed by atoms with Crippen LogP contribution in [0.2, 0.25) is 0 Å². The molecule has 0 aliphatic carbocycles. The van der Waals surface area contributed by atoms with Gasteiger partial charge in [-0.2, -0.15) is 0 Å². The number of halogens is 2. The van der Waals surface area contributed by atoms with Crippen LogP contribution in [0.4, 0.5) is 4.39 Å². The van der Waals surface area contributed by atoms with Crippen LogP contribution in [-0.4, -0.2) is 7.05 Å². The molecule has 0 amide bonds. The lowest BCUT2D eigenvalue weighted by molar-refractivity contribution is 0.303. The van der Waals surface area contributed by atoms with Crippen molar-refractivity contribution in [2.24, 2.45) is 0 Å². The zero-order valence-electron chi connectivity index (χ0n) is 10.6. The summed E-state index contributed by atoms with van der Waals surface area (Å²) in [6, 6.07) is 12.6. The molecule has 0 fully saturated rings. The molecule has 0 saturated carbocycles. The Morgan fingerprint density at radius 2 is 1.79 bits per heavy atom. The van der Waals surface area contributed by atoms with Gasteiger partial charge in [-0.3, -0.25) is 0 Å². The molecular weight excluding hydrogens is 309 g/mol. The number of ether oxygens (including phenoxy) is 1. The summed E-state index contributed by atoms with van der Waals surface area (Å²) in [5.74, 6) is 0.358. The van der Waals surface area contributed by atoms with E-state index < -0.39 is 0 Å². The SMILES string of the molecule is CNCc1ccc(COc2ccc(F)cc2Br)cc1. The quantitative estimate of drug-likeness (QED) is 0.901. The van der Waals surface area contributed by atoms with E-state index in [-0.39, 0.29) is 5.82 Å². The number of rotatable bonds is 5. The summed E-state index contributed by atoms with van der Waals surface area (Å²) in [6.07, 6.45) is 0. The van der Waals surface area contributed by atoms with Crippen molar-refractivity contribution in [3.63, 3.8) is 0 Å². The van der Waals surface area contributed by atoms with Crippen molar-refractivity contribution >= 4 is 15.9 Å². The molecule has 2 aromatic carbocycles. The zero-order valence-corrected chi connectivity index (χ0v) is 12.2. The zero-order chi connectivity index (χ0) is 13.7. The minimum Gasteiger partial charge on any atom is -0.488 e. The standard InChI is InChI=1S/C15H15BrFNO/c1-18-9-11-2-4-12(5-3-11)10-19-15-7-6-13(17)8-14(15)16/h2-8,18H,9-10H2,1H3. The Morgan fingerprint density at radius 1 is 1.11 bits per heavy atom. The van der Waals surface area contributed by atoms with Crippen LogP contribution in [0.5, 0.6) is 5.75 Å². The first-order valence-corrected chi connectivity index (χ1v) is 6.78. The summed E-state index contributed by atoms with van der Waals surface area (Å²) in [7, 11) is 1.92. The molecule has 2 aromatic rings.